The van der Waals surface area contributed by atoms with E-state index in [-0.39, 0.29) is 18.2 Å². The van der Waals surface area contributed by atoms with Crippen LogP contribution in [-0.4, -0.2) is 27.9 Å². The molecule has 1 aliphatic heterocycles. The Kier molecular flexibility index (Phi) is 5.52. The highest BCUT2D eigenvalue weighted by atomic mass is 32.2. The molecule has 1 aromatic heterocycles. The van der Waals surface area contributed by atoms with Crippen LogP contribution in [0.3, 0.4) is 0 Å². The summed E-state index contributed by atoms with van der Waals surface area (Å²) in [6, 6.07) is 11.0. The van der Waals surface area contributed by atoms with E-state index < -0.39 is 5.25 Å². The fourth-order valence-electron chi connectivity index (χ4n) is 2.32. The number of amides is 2. The van der Waals surface area contributed by atoms with Gasteiger partial charge < -0.3 is 15.1 Å². The van der Waals surface area contributed by atoms with Crippen molar-refractivity contribution in [3.63, 3.8) is 0 Å². The van der Waals surface area contributed by atoms with Crippen molar-refractivity contribution in [1.82, 2.24) is 5.32 Å². The lowest BCUT2D eigenvalue weighted by molar-refractivity contribution is -0.122. The van der Waals surface area contributed by atoms with Gasteiger partial charge in [0.15, 0.2) is 5.17 Å². The number of rotatable bonds is 5. The van der Waals surface area contributed by atoms with Crippen molar-refractivity contribution < 1.29 is 14.0 Å². The monoisotopic (exact) mass is 370 g/mol. The molecule has 0 spiro atoms. The summed E-state index contributed by atoms with van der Waals surface area (Å²) >= 11 is 1.19. The molecule has 2 N–H and O–H groups in total. The van der Waals surface area contributed by atoms with Crippen LogP contribution in [0.5, 0.6) is 0 Å². The van der Waals surface area contributed by atoms with Gasteiger partial charge in [-0.3, -0.25) is 9.59 Å². The van der Waals surface area contributed by atoms with E-state index in [0.717, 1.165) is 11.3 Å². The maximum Gasteiger partial charge on any atom is 0.240 e. The Labute approximate surface area is 155 Å². The first-order valence-electron chi connectivity index (χ1n) is 8.02. The summed E-state index contributed by atoms with van der Waals surface area (Å²) in [5, 5.41) is 13.4. The summed E-state index contributed by atoms with van der Waals surface area (Å²) in [5.41, 5.74) is 2.31. The molecule has 1 saturated heterocycles. The van der Waals surface area contributed by atoms with E-state index in [1.165, 1.54) is 11.8 Å². The first-order valence-corrected chi connectivity index (χ1v) is 8.90. The first-order chi connectivity index (χ1) is 12.5. The molecule has 3 rings (SSSR count). The zero-order valence-electron chi connectivity index (χ0n) is 14.4. The topological polar surface area (TPSA) is 96.1 Å². The van der Waals surface area contributed by atoms with Crippen LogP contribution in [0.1, 0.15) is 24.7 Å². The highest BCUT2D eigenvalue weighted by Crippen LogP contribution is 2.23. The Morgan fingerprint density at radius 3 is 2.85 bits per heavy atom. The van der Waals surface area contributed by atoms with Crippen molar-refractivity contribution in [3.05, 3.63) is 54.0 Å². The van der Waals surface area contributed by atoms with E-state index in [1.807, 2.05) is 31.2 Å². The van der Waals surface area contributed by atoms with Gasteiger partial charge >= 0.3 is 0 Å². The van der Waals surface area contributed by atoms with Crippen LogP contribution in [0.2, 0.25) is 0 Å². The number of furan rings is 1. The van der Waals surface area contributed by atoms with Crippen LogP contribution in [0.4, 0.5) is 5.69 Å². The summed E-state index contributed by atoms with van der Waals surface area (Å²) in [4.78, 5) is 24.3. The number of carbonyl (C=O) groups excluding carboxylic acids is 2. The van der Waals surface area contributed by atoms with Crippen molar-refractivity contribution >= 4 is 40.1 Å². The number of nitrogens with one attached hydrogen (secondary N) is 2. The molecular weight excluding hydrogens is 352 g/mol. The van der Waals surface area contributed by atoms with Crippen LogP contribution >= 0.6 is 11.8 Å². The first kappa shape index (κ1) is 17.9. The number of aryl methyl sites for hydroxylation is 1. The van der Waals surface area contributed by atoms with Gasteiger partial charge in [-0.25, -0.2) is 0 Å². The van der Waals surface area contributed by atoms with E-state index in [1.54, 1.807) is 25.3 Å². The maximum absolute atomic E-state index is 12.2. The number of benzene rings is 1. The number of amidine groups is 1. The summed E-state index contributed by atoms with van der Waals surface area (Å²) in [6.07, 6.45) is 1.61. The van der Waals surface area contributed by atoms with Crippen LogP contribution in [-0.2, 0) is 9.59 Å². The molecule has 2 heterocycles. The molecule has 0 radical (unpaired) electrons. The van der Waals surface area contributed by atoms with Gasteiger partial charge in [0.05, 0.1) is 6.26 Å². The number of para-hydroxylation sites is 1. The molecule has 7 nitrogen and oxygen atoms in total. The van der Waals surface area contributed by atoms with Gasteiger partial charge in [-0.05, 0) is 37.6 Å². The second-order valence-electron chi connectivity index (χ2n) is 5.73. The lowest BCUT2D eigenvalue weighted by Crippen LogP contribution is -2.28. The predicted molar refractivity (Wildman–Crippen MR) is 102 cm³/mol. The fourth-order valence-corrected chi connectivity index (χ4v) is 3.24. The van der Waals surface area contributed by atoms with E-state index in [9.17, 15) is 9.59 Å². The van der Waals surface area contributed by atoms with Gasteiger partial charge in [-0.2, -0.15) is 0 Å². The van der Waals surface area contributed by atoms with Crippen LogP contribution in [0, 0.1) is 6.92 Å². The quantitative estimate of drug-likeness (QED) is 0.625. The Morgan fingerprint density at radius 1 is 1.31 bits per heavy atom. The molecule has 1 aliphatic rings. The molecule has 2 aromatic rings. The summed E-state index contributed by atoms with van der Waals surface area (Å²) in [7, 11) is 0. The third kappa shape index (κ3) is 4.40. The average molecular weight is 370 g/mol. The van der Waals surface area contributed by atoms with Gasteiger partial charge in [0, 0.05) is 12.1 Å². The highest BCUT2D eigenvalue weighted by molar-refractivity contribution is 8.15. The second kappa shape index (κ2) is 8.01. The van der Waals surface area contributed by atoms with Crippen molar-refractivity contribution in [3.8, 4) is 0 Å². The van der Waals surface area contributed by atoms with Crippen molar-refractivity contribution in [1.29, 1.82) is 0 Å². The Hall–Kier alpha value is -2.87. The molecule has 0 unspecified atom stereocenters. The molecule has 8 heteroatoms. The predicted octanol–water partition coefficient (Wildman–Crippen LogP) is 2.93. The number of carbonyl (C=O) groups is 2. The fraction of sp³-hybridized carbons (Fsp3) is 0.222. The highest BCUT2D eigenvalue weighted by Gasteiger charge is 2.32. The van der Waals surface area contributed by atoms with Gasteiger partial charge in [-0.1, -0.05) is 30.0 Å². The molecule has 1 fully saturated rings. The number of hydrogen-bond donors (Lipinski definition) is 2. The minimum Gasteiger partial charge on any atom is -0.463 e. The van der Waals surface area contributed by atoms with Crippen molar-refractivity contribution in [2.45, 2.75) is 25.5 Å². The smallest absolute Gasteiger partial charge is 0.240 e. The van der Waals surface area contributed by atoms with Gasteiger partial charge in [0.25, 0.3) is 0 Å². The molecule has 0 bridgehead atoms. The van der Waals surface area contributed by atoms with E-state index in [0.29, 0.717) is 16.6 Å². The van der Waals surface area contributed by atoms with Gasteiger partial charge in [0.2, 0.25) is 11.8 Å². The lowest BCUT2D eigenvalue weighted by Gasteiger charge is -2.09. The lowest BCUT2D eigenvalue weighted by atomic mass is 10.2. The van der Waals surface area contributed by atoms with Crippen LogP contribution in [0.15, 0.2) is 57.3 Å². The third-order valence-corrected chi connectivity index (χ3v) is 4.81. The Balaban J connectivity index is 1.59. The van der Waals surface area contributed by atoms with Gasteiger partial charge in [-0.15, -0.1) is 10.2 Å². The summed E-state index contributed by atoms with van der Waals surface area (Å²) < 4.78 is 5.22. The normalized spacial score (nSPS) is 18.8. The van der Waals surface area contributed by atoms with Crippen LogP contribution < -0.4 is 10.6 Å². The molecule has 134 valence electrons. The minimum atomic E-state index is -0.531. The van der Waals surface area contributed by atoms with E-state index in [2.05, 4.69) is 20.8 Å². The molecule has 26 heavy (non-hydrogen) atoms. The number of nitrogens with zero attached hydrogens (tertiary/aromatic N) is 2. The SMILES string of the molecule is C/C(=N\N=C1/NC(=O)[C@@H](CC(=O)Nc2ccccc2C)S1)c1ccco1. The molecule has 2 amide bonds. The minimum absolute atomic E-state index is 0.0603. The molecular formula is C18H18N4O3S. The number of hydrogen-bond acceptors (Lipinski definition) is 6. The molecule has 1 aromatic carbocycles. The number of thioether (sulfide) groups is 1. The summed E-state index contributed by atoms with van der Waals surface area (Å²) in [5.74, 6) is 0.140. The standard InChI is InChI=1S/C18H18N4O3S/c1-11-6-3-4-7-13(11)19-16(23)10-15-17(24)20-18(26-15)22-21-12(2)14-8-5-9-25-14/h3-9,15H,10H2,1-2H3,(H,19,23)(H,20,22,24)/b21-12+/t15-/m1/s1. The van der Waals surface area contributed by atoms with Gasteiger partial charge in [0.1, 0.15) is 16.7 Å². The molecule has 0 saturated carbocycles. The van der Waals surface area contributed by atoms with E-state index in [4.69, 9.17) is 4.42 Å². The van der Waals surface area contributed by atoms with Crippen LogP contribution in [0.25, 0.3) is 0 Å². The molecule has 0 aliphatic carbocycles. The van der Waals surface area contributed by atoms with Crippen molar-refractivity contribution in [2.24, 2.45) is 10.2 Å². The number of anilines is 1. The average Bonchev–Trinajstić information content (AvgIpc) is 3.25. The Bertz CT molecular complexity index is 874. The van der Waals surface area contributed by atoms with E-state index >= 15 is 0 Å². The summed E-state index contributed by atoms with van der Waals surface area (Å²) in [6.45, 7) is 3.67. The third-order valence-electron chi connectivity index (χ3n) is 3.73. The largest absolute Gasteiger partial charge is 0.463 e. The zero-order chi connectivity index (χ0) is 18.5. The van der Waals surface area contributed by atoms with Crippen molar-refractivity contribution in [2.75, 3.05) is 5.32 Å². The maximum atomic E-state index is 12.2. The zero-order valence-corrected chi connectivity index (χ0v) is 15.2. The Morgan fingerprint density at radius 2 is 2.12 bits per heavy atom. The molecule has 1 atom stereocenters. The second-order valence-corrected chi connectivity index (χ2v) is 6.92.